The first-order chi connectivity index (χ1) is 16.2. The second-order valence-corrected chi connectivity index (χ2v) is 9.55. The molecule has 3 heterocycles. The summed E-state index contributed by atoms with van der Waals surface area (Å²) in [5, 5.41) is 0.675. The Bertz CT molecular complexity index is 1020. The summed E-state index contributed by atoms with van der Waals surface area (Å²) >= 11 is 1.56. The van der Waals surface area contributed by atoms with Gasteiger partial charge in [-0.2, -0.15) is 0 Å². The van der Waals surface area contributed by atoms with Gasteiger partial charge in [0.2, 0.25) is 5.91 Å². The number of hydrogen-bond donors (Lipinski definition) is 0. The molecule has 8 heteroatoms. The highest BCUT2D eigenvalue weighted by atomic mass is 32.1. The van der Waals surface area contributed by atoms with Gasteiger partial charge < -0.3 is 19.3 Å². The first-order valence-electron chi connectivity index (χ1n) is 11.7. The number of morpholine rings is 1. The van der Waals surface area contributed by atoms with E-state index in [4.69, 9.17) is 9.47 Å². The molecule has 0 unspecified atom stereocenters. The van der Waals surface area contributed by atoms with E-state index in [9.17, 15) is 4.79 Å². The summed E-state index contributed by atoms with van der Waals surface area (Å²) in [5.41, 5.74) is 2.27. The minimum absolute atomic E-state index is 0.236. The van der Waals surface area contributed by atoms with Crippen LogP contribution < -0.4 is 4.74 Å². The van der Waals surface area contributed by atoms with E-state index in [2.05, 4.69) is 33.0 Å². The summed E-state index contributed by atoms with van der Waals surface area (Å²) in [6.45, 7) is 8.25. The smallest absolute Gasteiger partial charge is 0.279 e. The van der Waals surface area contributed by atoms with Crippen molar-refractivity contribution in [1.29, 1.82) is 0 Å². The van der Waals surface area contributed by atoms with E-state index < -0.39 is 0 Å². The molecule has 7 nitrogen and oxygen atoms in total. The molecule has 1 aromatic heterocycles. The van der Waals surface area contributed by atoms with Crippen molar-refractivity contribution < 1.29 is 14.3 Å². The van der Waals surface area contributed by atoms with Crippen LogP contribution in [0, 0.1) is 0 Å². The number of benzene rings is 2. The lowest BCUT2D eigenvalue weighted by atomic mass is 10.1. The molecule has 0 atom stereocenters. The Morgan fingerprint density at radius 2 is 1.67 bits per heavy atom. The number of thiazole rings is 1. The highest BCUT2D eigenvalue weighted by Crippen LogP contribution is 2.31. The molecule has 0 radical (unpaired) electrons. The Morgan fingerprint density at radius 3 is 2.42 bits per heavy atom. The van der Waals surface area contributed by atoms with Crippen LogP contribution in [0.15, 0.2) is 48.5 Å². The maximum absolute atomic E-state index is 12.4. The quantitative estimate of drug-likeness (QED) is 0.533. The third-order valence-electron chi connectivity index (χ3n) is 6.31. The summed E-state index contributed by atoms with van der Waals surface area (Å²) in [5.74, 6) is 1.05. The number of amides is 1. The molecule has 0 N–H and O–H groups in total. The molecule has 0 bridgehead atoms. The van der Waals surface area contributed by atoms with E-state index in [1.54, 1.807) is 11.3 Å². The summed E-state index contributed by atoms with van der Waals surface area (Å²) in [6, 6.07) is 16.4. The molecule has 5 rings (SSSR count). The second kappa shape index (κ2) is 10.6. The standard InChI is InChI=1S/C25H30N4O3S/c30-24(29-15-17-31-18-16-29)19-28-13-11-27(12-14-28)10-9-20-5-7-21(8-6-20)32-25-26-22-3-1-2-4-23(22)33-25/h1-8H,9-19H2. The number of carbonyl (C=O) groups excluding carboxylic acids is 1. The summed E-state index contributed by atoms with van der Waals surface area (Å²) in [4.78, 5) is 23.7. The summed E-state index contributed by atoms with van der Waals surface area (Å²) < 4.78 is 12.4. The minimum atomic E-state index is 0.236. The van der Waals surface area contributed by atoms with Gasteiger partial charge in [0, 0.05) is 45.8 Å². The Morgan fingerprint density at radius 1 is 0.939 bits per heavy atom. The van der Waals surface area contributed by atoms with E-state index in [0.717, 1.165) is 68.2 Å². The highest BCUT2D eigenvalue weighted by Gasteiger charge is 2.22. The van der Waals surface area contributed by atoms with Gasteiger partial charge in [0.05, 0.1) is 30.0 Å². The van der Waals surface area contributed by atoms with Crippen LogP contribution in [0.5, 0.6) is 10.9 Å². The van der Waals surface area contributed by atoms with Crippen LogP contribution in [0.4, 0.5) is 0 Å². The fourth-order valence-corrected chi connectivity index (χ4v) is 5.12. The van der Waals surface area contributed by atoms with Crippen LogP contribution >= 0.6 is 11.3 Å². The number of piperazine rings is 1. The number of carbonyl (C=O) groups is 1. The normalized spacial score (nSPS) is 18.0. The Kier molecular flexibility index (Phi) is 7.16. The molecule has 2 aromatic carbocycles. The van der Waals surface area contributed by atoms with Crippen molar-refractivity contribution in [1.82, 2.24) is 19.7 Å². The molecule has 2 aliphatic rings. The van der Waals surface area contributed by atoms with Gasteiger partial charge in [0.25, 0.3) is 5.19 Å². The monoisotopic (exact) mass is 466 g/mol. The molecule has 174 valence electrons. The molecule has 0 aliphatic carbocycles. The number of aromatic nitrogens is 1. The summed E-state index contributed by atoms with van der Waals surface area (Å²) in [6.07, 6.45) is 1.01. The molecular formula is C25H30N4O3S. The average Bonchev–Trinajstić information content (AvgIpc) is 3.27. The third kappa shape index (κ3) is 5.89. The van der Waals surface area contributed by atoms with Crippen LogP contribution in [0.1, 0.15) is 5.56 Å². The zero-order valence-electron chi connectivity index (χ0n) is 18.8. The molecule has 2 saturated heterocycles. The molecule has 3 aromatic rings. The predicted molar refractivity (Wildman–Crippen MR) is 130 cm³/mol. The van der Waals surface area contributed by atoms with Crippen LogP contribution in [-0.2, 0) is 16.0 Å². The number of ether oxygens (including phenoxy) is 2. The molecular weight excluding hydrogens is 436 g/mol. The molecule has 0 saturated carbocycles. The van der Waals surface area contributed by atoms with Crippen molar-refractivity contribution in [2.24, 2.45) is 0 Å². The van der Waals surface area contributed by atoms with Crippen molar-refractivity contribution >= 4 is 27.5 Å². The maximum atomic E-state index is 12.4. The van der Waals surface area contributed by atoms with E-state index >= 15 is 0 Å². The van der Waals surface area contributed by atoms with Gasteiger partial charge in [0.15, 0.2) is 0 Å². The van der Waals surface area contributed by atoms with Crippen molar-refractivity contribution in [2.75, 3.05) is 65.6 Å². The Labute approximate surface area is 198 Å². The molecule has 33 heavy (non-hydrogen) atoms. The number of hydrogen-bond acceptors (Lipinski definition) is 7. The molecule has 2 fully saturated rings. The predicted octanol–water partition coefficient (Wildman–Crippen LogP) is 3.11. The van der Waals surface area contributed by atoms with Crippen molar-refractivity contribution in [2.45, 2.75) is 6.42 Å². The van der Waals surface area contributed by atoms with Crippen molar-refractivity contribution in [3.63, 3.8) is 0 Å². The second-order valence-electron chi connectivity index (χ2n) is 8.55. The average molecular weight is 467 g/mol. The molecule has 1 amide bonds. The van der Waals surface area contributed by atoms with Gasteiger partial charge in [-0.25, -0.2) is 4.98 Å². The van der Waals surface area contributed by atoms with Crippen molar-refractivity contribution in [3.8, 4) is 10.9 Å². The lowest BCUT2D eigenvalue weighted by Gasteiger charge is -2.36. The van der Waals surface area contributed by atoms with Gasteiger partial charge in [-0.3, -0.25) is 9.69 Å². The fraction of sp³-hybridized carbons (Fsp3) is 0.440. The number of para-hydroxylation sites is 1. The Hall–Kier alpha value is -2.52. The van der Waals surface area contributed by atoms with Gasteiger partial charge in [-0.15, -0.1) is 0 Å². The van der Waals surface area contributed by atoms with Gasteiger partial charge in [-0.05, 0) is 36.2 Å². The van der Waals surface area contributed by atoms with Gasteiger partial charge >= 0.3 is 0 Å². The fourth-order valence-electron chi connectivity index (χ4n) is 4.28. The van der Waals surface area contributed by atoms with Crippen LogP contribution in [-0.4, -0.2) is 91.2 Å². The zero-order valence-corrected chi connectivity index (χ0v) is 19.6. The molecule has 0 spiro atoms. The Balaban J connectivity index is 1.04. The maximum Gasteiger partial charge on any atom is 0.279 e. The van der Waals surface area contributed by atoms with Gasteiger partial charge in [0.1, 0.15) is 5.75 Å². The largest absolute Gasteiger partial charge is 0.431 e. The SMILES string of the molecule is O=C(CN1CCN(CCc2ccc(Oc3nc4ccccc4s3)cc2)CC1)N1CCOCC1. The van der Waals surface area contributed by atoms with Crippen LogP contribution in [0.25, 0.3) is 10.2 Å². The zero-order chi connectivity index (χ0) is 22.5. The highest BCUT2D eigenvalue weighted by molar-refractivity contribution is 7.20. The lowest BCUT2D eigenvalue weighted by Crippen LogP contribution is -2.51. The third-order valence-corrected chi connectivity index (χ3v) is 7.22. The number of nitrogens with zero attached hydrogens (tertiary/aromatic N) is 4. The number of rotatable bonds is 7. The topological polar surface area (TPSA) is 58.1 Å². The van der Waals surface area contributed by atoms with Crippen LogP contribution in [0.2, 0.25) is 0 Å². The van der Waals surface area contributed by atoms with E-state index in [-0.39, 0.29) is 5.91 Å². The first kappa shape index (κ1) is 22.3. The minimum Gasteiger partial charge on any atom is -0.431 e. The van der Waals surface area contributed by atoms with E-state index in [1.165, 1.54) is 5.56 Å². The molecule has 2 aliphatic heterocycles. The van der Waals surface area contributed by atoms with Crippen LogP contribution in [0.3, 0.4) is 0 Å². The van der Waals surface area contributed by atoms with Crippen molar-refractivity contribution in [3.05, 3.63) is 54.1 Å². The lowest BCUT2D eigenvalue weighted by molar-refractivity contribution is -0.136. The summed E-state index contributed by atoms with van der Waals surface area (Å²) in [7, 11) is 0. The first-order valence-corrected chi connectivity index (χ1v) is 12.5. The van der Waals surface area contributed by atoms with E-state index in [1.807, 2.05) is 35.2 Å². The van der Waals surface area contributed by atoms with Gasteiger partial charge in [-0.1, -0.05) is 35.6 Å². The van der Waals surface area contributed by atoms with E-state index in [0.29, 0.717) is 25.0 Å². The number of fused-ring (bicyclic) bond motifs is 1.